The third-order valence-electron chi connectivity index (χ3n) is 5.37. The molecule has 0 saturated carbocycles. The second-order valence-corrected chi connectivity index (χ2v) is 8.20. The molecule has 2 aliphatic heterocycles. The summed E-state index contributed by atoms with van der Waals surface area (Å²) in [6.07, 6.45) is -3.59. The van der Waals surface area contributed by atoms with Gasteiger partial charge in [0.15, 0.2) is 0 Å². The fourth-order valence-electron chi connectivity index (χ4n) is 3.71. The number of alkyl halides is 6. The molecule has 0 aromatic carbocycles. The van der Waals surface area contributed by atoms with E-state index in [1.165, 1.54) is 18.5 Å². The summed E-state index contributed by atoms with van der Waals surface area (Å²) < 4.78 is 68.7. The molecule has 10 nitrogen and oxygen atoms in total. The summed E-state index contributed by atoms with van der Waals surface area (Å²) in [5.74, 6) is -3.92. The van der Waals surface area contributed by atoms with Crippen molar-refractivity contribution in [1.29, 1.82) is 0 Å². The molecule has 2 N–H and O–H groups in total. The number of halogens is 6. The van der Waals surface area contributed by atoms with Gasteiger partial charge in [0.2, 0.25) is 5.88 Å². The molecule has 0 radical (unpaired) electrons. The van der Waals surface area contributed by atoms with E-state index in [4.69, 9.17) is 24.5 Å². The molecule has 2 saturated heterocycles. The number of methoxy groups -OCH3 is 1. The van der Waals surface area contributed by atoms with Gasteiger partial charge in [0, 0.05) is 50.1 Å². The summed E-state index contributed by atoms with van der Waals surface area (Å²) in [6, 6.07) is 6.12. The molecule has 37 heavy (non-hydrogen) atoms. The maximum atomic E-state index is 10.6. The van der Waals surface area contributed by atoms with Crippen LogP contribution in [-0.2, 0) is 16.1 Å². The Morgan fingerprint density at radius 1 is 1.00 bits per heavy atom. The molecule has 2 aromatic rings. The van der Waals surface area contributed by atoms with Crippen molar-refractivity contribution >= 4 is 17.8 Å². The molecule has 0 unspecified atom stereocenters. The number of aliphatic carboxylic acids is 2. The summed E-state index contributed by atoms with van der Waals surface area (Å²) in [7, 11) is 1.64. The van der Waals surface area contributed by atoms with Gasteiger partial charge >= 0.3 is 24.3 Å². The van der Waals surface area contributed by atoms with Gasteiger partial charge in [-0.05, 0) is 30.7 Å². The Morgan fingerprint density at radius 2 is 1.54 bits per heavy atom. The predicted molar refractivity (Wildman–Crippen MR) is 115 cm³/mol. The minimum absolute atomic E-state index is 0.422. The van der Waals surface area contributed by atoms with Crippen LogP contribution in [0, 0.1) is 5.41 Å². The Labute approximate surface area is 206 Å². The van der Waals surface area contributed by atoms with Crippen LogP contribution in [0.2, 0.25) is 0 Å². The highest BCUT2D eigenvalue weighted by atomic mass is 19.4. The maximum Gasteiger partial charge on any atom is 0.490 e. The highest BCUT2D eigenvalue weighted by Crippen LogP contribution is 2.41. The van der Waals surface area contributed by atoms with Crippen molar-refractivity contribution < 1.29 is 50.9 Å². The molecule has 0 aliphatic carbocycles. The van der Waals surface area contributed by atoms with Crippen LogP contribution in [0.4, 0.5) is 32.2 Å². The zero-order chi connectivity index (χ0) is 27.9. The third-order valence-corrected chi connectivity index (χ3v) is 5.37. The Balaban J connectivity index is 0.000000286. The molecule has 204 valence electrons. The largest absolute Gasteiger partial charge is 0.490 e. The fourth-order valence-corrected chi connectivity index (χ4v) is 3.71. The monoisotopic (exact) mass is 539 g/mol. The van der Waals surface area contributed by atoms with Gasteiger partial charge in [0.25, 0.3) is 0 Å². The van der Waals surface area contributed by atoms with Crippen LogP contribution in [0.5, 0.6) is 5.88 Å². The van der Waals surface area contributed by atoms with E-state index in [-0.39, 0.29) is 0 Å². The van der Waals surface area contributed by atoms with Crippen molar-refractivity contribution in [3.8, 4) is 5.88 Å². The van der Waals surface area contributed by atoms with Crippen LogP contribution in [0.15, 0.2) is 36.9 Å². The molecule has 0 bridgehead atoms. The average Bonchev–Trinajstić information content (AvgIpc) is 3.22. The number of hydrogen-bond acceptors (Lipinski definition) is 8. The molecule has 2 fully saturated rings. The van der Waals surface area contributed by atoms with Crippen LogP contribution in [-0.4, -0.2) is 87.6 Å². The van der Waals surface area contributed by atoms with Gasteiger partial charge in [-0.1, -0.05) is 0 Å². The van der Waals surface area contributed by atoms with Gasteiger partial charge in [-0.3, -0.25) is 9.88 Å². The number of anilines is 1. The number of likely N-dealkylation sites (tertiary alicyclic amines) is 1. The molecule has 16 heteroatoms. The number of carboxylic acids is 2. The molecule has 1 spiro atoms. The topological polar surface area (TPSA) is 129 Å². The van der Waals surface area contributed by atoms with Crippen molar-refractivity contribution in [3.63, 3.8) is 0 Å². The number of pyridine rings is 1. The number of rotatable bonds is 4. The fraction of sp³-hybridized carbons (Fsp3) is 0.476. The normalized spacial score (nSPS) is 16.6. The van der Waals surface area contributed by atoms with Gasteiger partial charge in [0.05, 0.1) is 7.11 Å². The van der Waals surface area contributed by atoms with E-state index in [0.29, 0.717) is 11.3 Å². The first-order valence-corrected chi connectivity index (χ1v) is 10.5. The van der Waals surface area contributed by atoms with Gasteiger partial charge in [0.1, 0.15) is 12.1 Å². The number of carbonyl (C=O) groups is 2. The van der Waals surface area contributed by atoms with Gasteiger partial charge in [-0.25, -0.2) is 19.6 Å². The summed E-state index contributed by atoms with van der Waals surface area (Å²) in [5, 5.41) is 14.2. The number of hydrogen-bond donors (Lipinski definition) is 2. The molecule has 0 atom stereocenters. The second kappa shape index (κ2) is 12.0. The smallest absolute Gasteiger partial charge is 0.481 e. The first kappa shape index (κ1) is 29.5. The van der Waals surface area contributed by atoms with Crippen molar-refractivity contribution in [3.05, 3.63) is 42.5 Å². The van der Waals surface area contributed by atoms with Crippen LogP contribution in [0.3, 0.4) is 0 Å². The van der Waals surface area contributed by atoms with Crippen molar-refractivity contribution in [2.45, 2.75) is 25.3 Å². The van der Waals surface area contributed by atoms with Crippen molar-refractivity contribution in [1.82, 2.24) is 19.9 Å². The first-order valence-electron chi connectivity index (χ1n) is 10.5. The summed E-state index contributed by atoms with van der Waals surface area (Å²) in [4.78, 5) is 35.2. The summed E-state index contributed by atoms with van der Waals surface area (Å²) >= 11 is 0. The number of nitrogens with zero attached hydrogens (tertiary/aromatic N) is 5. The summed E-state index contributed by atoms with van der Waals surface area (Å²) in [6.45, 7) is 5.49. The van der Waals surface area contributed by atoms with E-state index in [1.807, 2.05) is 18.5 Å². The lowest BCUT2D eigenvalue weighted by Gasteiger charge is -2.48. The highest BCUT2D eigenvalue weighted by Gasteiger charge is 2.48. The molecule has 4 heterocycles. The van der Waals surface area contributed by atoms with Crippen molar-refractivity contribution in [2.75, 3.05) is 38.2 Å². The zero-order valence-electron chi connectivity index (χ0n) is 19.3. The summed E-state index contributed by atoms with van der Waals surface area (Å²) in [5.41, 5.74) is 1.76. The molecular weight excluding hydrogens is 516 g/mol. The van der Waals surface area contributed by atoms with Crippen LogP contribution in [0.1, 0.15) is 12.0 Å². The van der Waals surface area contributed by atoms with Crippen LogP contribution < -0.4 is 9.64 Å². The SMILES string of the molecule is COc1cc(N2CC3(CCN(Cc4ccncc4)C3)C2)ncn1.O=C(O)C(F)(F)F.O=C(O)C(F)(F)F. The Morgan fingerprint density at radius 3 is 2.03 bits per heavy atom. The van der Waals surface area contributed by atoms with E-state index in [1.54, 1.807) is 13.4 Å². The van der Waals surface area contributed by atoms with Gasteiger partial charge in [-0.15, -0.1) is 0 Å². The van der Waals surface area contributed by atoms with E-state index in [9.17, 15) is 26.3 Å². The molecule has 2 aromatic heterocycles. The van der Waals surface area contributed by atoms with Crippen LogP contribution >= 0.6 is 0 Å². The Hall–Kier alpha value is -3.69. The number of ether oxygens (including phenoxy) is 1. The Kier molecular flexibility index (Phi) is 9.61. The molecular formula is C21H23F6N5O5. The lowest BCUT2D eigenvalue weighted by molar-refractivity contribution is -0.193. The second-order valence-electron chi connectivity index (χ2n) is 8.20. The predicted octanol–water partition coefficient (Wildman–Crippen LogP) is 2.86. The van der Waals surface area contributed by atoms with E-state index in [0.717, 1.165) is 32.0 Å². The molecule has 0 amide bonds. The Bertz CT molecular complexity index is 1020. The highest BCUT2D eigenvalue weighted by molar-refractivity contribution is 5.73. The number of aromatic nitrogens is 3. The average molecular weight is 539 g/mol. The molecule has 4 rings (SSSR count). The minimum Gasteiger partial charge on any atom is -0.481 e. The van der Waals surface area contributed by atoms with Crippen molar-refractivity contribution in [2.24, 2.45) is 5.41 Å². The van der Waals surface area contributed by atoms with Crippen LogP contribution in [0.25, 0.3) is 0 Å². The minimum atomic E-state index is -5.08. The lowest BCUT2D eigenvalue weighted by Crippen LogP contribution is -2.58. The van der Waals surface area contributed by atoms with E-state index < -0.39 is 24.3 Å². The zero-order valence-corrected chi connectivity index (χ0v) is 19.3. The standard InChI is InChI=1S/C17H21N5O.2C2HF3O2/c1-23-16-8-15(19-13-20-16)22-11-17(12-22)4-7-21(10-17)9-14-2-5-18-6-3-14;2*3-2(4,5)1(6)7/h2-3,5-6,8,13H,4,7,9-12H2,1H3;2*(H,6,7). The van der Waals surface area contributed by atoms with E-state index >= 15 is 0 Å². The van der Waals surface area contributed by atoms with Gasteiger partial charge in [-0.2, -0.15) is 26.3 Å². The first-order chi connectivity index (χ1) is 17.1. The lowest BCUT2D eigenvalue weighted by atomic mass is 9.79. The maximum absolute atomic E-state index is 10.6. The quantitative estimate of drug-likeness (QED) is 0.560. The molecule has 2 aliphatic rings. The number of carboxylic acid groups (broad SMARTS) is 2. The van der Waals surface area contributed by atoms with Gasteiger partial charge < -0.3 is 19.8 Å². The van der Waals surface area contributed by atoms with E-state index in [2.05, 4.69) is 36.9 Å². The third kappa shape index (κ3) is 9.04.